The minimum Gasteiger partial charge on any atom is -0.294 e. The third-order valence-corrected chi connectivity index (χ3v) is 2.12. The molecule has 82 valence electrons. The van der Waals surface area contributed by atoms with Crippen LogP contribution in [-0.4, -0.2) is 12.5 Å². The Morgan fingerprint density at radius 1 is 1.44 bits per heavy atom. The number of carbonyl (C=O) groups excluding carboxylic acids is 1. The van der Waals surface area contributed by atoms with Crippen molar-refractivity contribution in [1.29, 1.82) is 0 Å². The topological polar surface area (TPSA) is 29.4 Å². The molecule has 2 nitrogen and oxygen atoms in total. The first-order chi connectivity index (χ1) is 7.74. The third kappa shape index (κ3) is 4.24. The second kappa shape index (κ2) is 6.75. The van der Waals surface area contributed by atoms with Crippen LogP contribution in [0, 0.1) is 0 Å². The molecule has 1 aromatic rings. The van der Waals surface area contributed by atoms with Crippen LogP contribution in [0.5, 0.6) is 0 Å². The molecule has 1 aromatic carbocycles. The fraction of sp³-hybridized carbons (Fsp3) is 0.0769. The van der Waals surface area contributed by atoms with Crippen LogP contribution in [0.3, 0.4) is 0 Å². The van der Waals surface area contributed by atoms with Gasteiger partial charge in [0.05, 0.1) is 0 Å². The van der Waals surface area contributed by atoms with E-state index >= 15 is 0 Å². The molecule has 0 aliphatic rings. The van der Waals surface area contributed by atoms with Gasteiger partial charge in [-0.2, -0.15) is 0 Å². The van der Waals surface area contributed by atoms with Gasteiger partial charge in [0.1, 0.15) is 0 Å². The summed E-state index contributed by atoms with van der Waals surface area (Å²) < 4.78 is 0. The van der Waals surface area contributed by atoms with E-state index in [1.54, 1.807) is 48.7 Å². The van der Waals surface area contributed by atoms with Gasteiger partial charge in [-0.15, -0.1) is 0 Å². The van der Waals surface area contributed by atoms with Crippen molar-refractivity contribution in [3.63, 3.8) is 0 Å². The number of hydrogen-bond acceptors (Lipinski definition) is 2. The fourth-order valence-corrected chi connectivity index (χ4v) is 1.33. The maximum Gasteiger partial charge on any atom is 0.166 e. The maximum absolute atomic E-state index is 11.7. The number of rotatable bonds is 5. The summed E-state index contributed by atoms with van der Waals surface area (Å²) in [6.07, 6.45) is 7.16. The lowest BCUT2D eigenvalue weighted by Crippen LogP contribution is -1.96. The highest BCUT2D eigenvalue weighted by atomic mass is 35.5. The molecular formula is C13H12ClNO. The molecule has 0 spiro atoms. The van der Waals surface area contributed by atoms with Crippen LogP contribution in [0.25, 0.3) is 0 Å². The van der Waals surface area contributed by atoms with E-state index in [0.717, 1.165) is 0 Å². The Hall–Kier alpha value is -1.67. The van der Waals surface area contributed by atoms with Crippen LogP contribution >= 0.6 is 11.6 Å². The van der Waals surface area contributed by atoms with Crippen LogP contribution in [0.2, 0.25) is 5.02 Å². The summed E-state index contributed by atoms with van der Waals surface area (Å²) in [4.78, 5) is 15.2. The summed E-state index contributed by atoms with van der Waals surface area (Å²) in [7, 11) is 0. The molecular weight excluding hydrogens is 222 g/mol. The van der Waals surface area contributed by atoms with Crippen LogP contribution in [0.4, 0.5) is 0 Å². The number of aliphatic imine (C=N–C) groups is 1. The fourth-order valence-electron chi connectivity index (χ4n) is 1.14. The highest BCUT2D eigenvalue weighted by Gasteiger charge is 2.02. The minimum atomic E-state index is 0.0405. The molecule has 0 unspecified atom stereocenters. The number of hydrogen-bond donors (Lipinski definition) is 0. The Kier molecular flexibility index (Phi) is 5.23. The Morgan fingerprint density at radius 2 is 2.25 bits per heavy atom. The molecule has 0 radical (unpaired) electrons. The first-order valence-corrected chi connectivity index (χ1v) is 5.18. The van der Waals surface area contributed by atoms with Crippen molar-refractivity contribution in [3.05, 3.63) is 59.3 Å². The van der Waals surface area contributed by atoms with Crippen molar-refractivity contribution in [2.75, 3.05) is 0 Å². The molecule has 0 fully saturated rings. The normalized spacial score (nSPS) is 11.1. The van der Waals surface area contributed by atoms with Gasteiger partial charge in [0.25, 0.3) is 0 Å². The zero-order valence-electron chi connectivity index (χ0n) is 8.77. The smallest absolute Gasteiger partial charge is 0.166 e. The summed E-state index contributed by atoms with van der Waals surface area (Å²) in [6.45, 7) is 3.30. The second-order valence-electron chi connectivity index (χ2n) is 3.09. The van der Waals surface area contributed by atoms with Gasteiger partial charge in [-0.3, -0.25) is 9.79 Å². The summed E-state index contributed by atoms with van der Waals surface area (Å²) >= 11 is 5.79. The molecule has 16 heavy (non-hydrogen) atoms. The van der Waals surface area contributed by atoms with Crippen molar-refractivity contribution < 1.29 is 4.79 Å². The highest BCUT2D eigenvalue weighted by molar-refractivity contribution is 6.31. The Balaban J connectivity index is 2.56. The molecule has 0 saturated carbocycles. The molecule has 1 rings (SSSR count). The van der Waals surface area contributed by atoms with Gasteiger partial charge in [-0.1, -0.05) is 35.9 Å². The Morgan fingerprint density at radius 3 is 2.94 bits per heavy atom. The van der Waals surface area contributed by atoms with Gasteiger partial charge in [-0.25, -0.2) is 0 Å². The molecule has 3 heteroatoms. The van der Waals surface area contributed by atoms with Crippen molar-refractivity contribution in [2.24, 2.45) is 4.99 Å². The van der Waals surface area contributed by atoms with E-state index < -0.39 is 0 Å². The minimum absolute atomic E-state index is 0.0405. The predicted molar refractivity (Wildman–Crippen MR) is 68.2 cm³/mol. The quantitative estimate of drug-likeness (QED) is 0.433. The molecule has 0 N–H and O–H groups in total. The Labute approximate surface area is 100.0 Å². The van der Waals surface area contributed by atoms with E-state index in [1.807, 2.05) is 0 Å². The molecule has 0 atom stereocenters. The summed E-state index contributed by atoms with van der Waals surface area (Å²) in [5, 5.41) is 0.575. The predicted octanol–water partition coefficient (Wildman–Crippen LogP) is 3.68. The number of halogens is 1. The first kappa shape index (κ1) is 12.4. The third-order valence-electron chi connectivity index (χ3n) is 1.89. The average Bonchev–Trinajstić information content (AvgIpc) is 2.28. The van der Waals surface area contributed by atoms with E-state index in [-0.39, 0.29) is 5.78 Å². The maximum atomic E-state index is 11.7. The number of allylic oxidation sites excluding steroid dienone is 3. The van der Waals surface area contributed by atoms with Gasteiger partial charge in [0.2, 0.25) is 0 Å². The van der Waals surface area contributed by atoms with Crippen LogP contribution in [-0.2, 0) is 0 Å². The van der Waals surface area contributed by atoms with E-state index in [2.05, 4.69) is 11.7 Å². The van der Waals surface area contributed by atoms with Gasteiger partial charge in [-0.05, 0) is 24.9 Å². The zero-order chi connectivity index (χ0) is 11.8. The first-order valence-electron chi connectivity index (χ1n) is 4.80. The van der Waals surface area contributed by atoms with Crippen molar-refractivity contribution in [2.45, 2.75) is 6.42 Å². The number of nitrogens with zero attached hydrogens (tertiary/aromatic N) is 1. The summed E-state index contributed by atoms with van der Waals surface area (Å²) in [6, 6.07) is 6.93. The molecule has 0 amide bonds. The number of carbonyl (C=O) groups is 1. The second-order valence-corrected chi connectivity index (χ2v) is 3.53. The summed E-state index contributed by atoms with van der Waals surface area (Å²) in [5.41, 5.74) is 0.628. The van der Waals surface area contributed by atoms with Crippen LogP contribution in [0.1, 0.15) is 16.8 Å². The average molecular weight is 234 g/mol. The molecule has 0 aliphatic heterocycles. The van der Waals surface area contributed by atoms with E-state index in [4.69, 9.17) is 11.6 Å². The summed E-state index contributed by atoms with van der Waals surface area (Å²) in [5.74, 6) is 0.0405. The lowest BCUT2D eigenvalue weighted by molar-refractivity contribution is 0.0996. The molecule has 0 aromatic heterocycles. The van der Waals surface area contributed by atoms with E-state index in [0.29, 0.717) is 17.0 Å². The van der Waals surface area contributed by atoms with Crippen molar-refractivity contribution in [1.82, 2.24) is 0 Å². The van der Waals surface area contributed by atoms with Gasteiger partial charge >= 0.3 is 0 Å². The lowest BCUT2D eigenvalue weighted by atomic mass is 10.1. The molecule has 0 bridgehead atoms. The van der Waals surface area contributed by atoms with E-state index in [1.165, 1.54) is 0 Å². The Bertz CT molecular complexity index is 435. The van der Waals surface area contributed by atoms with Crippen LogP contribution in [0.15, 0.2) is 53.7 Å². The number of ketones is 1. The monoisotopic (exact) mass is 233 g/mol. The van der Waals surface area contributed by atoms with E-state index in [9.17, 15) is 4.79 Å². The SMILES string of the molecule is C=N/C=C\C=C/CC(=O)c1cccc(Cl)c1. The van der Waals surface area contributed by atoms with Gasteiger partial charge < -0.3 is 0 Å². The van der Waals surface area contributed by atoms with Gasteiger partial charge in [0, 0.05) is 23.2 Å². The zero-order valence-corrected chi connectivity index (χ0v) is 9.52. The van der Waals surface area contributed by atoms with Crippen molar-refractivity contribution in [3.8, 4) is 0 Å². The number of Topliss-reactive ketones (excluding diaryl/α,β-unsaturated/α-hetero) is 1. The standard InChI is InChI=1S/C13H12ClNO/c1-15-9-4-2-3-8-13(16)11-6-5-7-12(14)10-11/h2-7,9-10H,1,8H2/b3-2-,9-4-. The van der Waals surface area contributed by atoms with Gasteiger partial charge in [0.15, 0.2) is 5.78 Å². The van der Waals surface area contributed by atoms with Crippen LogP contribution < -0.4 is 0 Å². The molecule has 0 saturated heterocycles. The lowest BCUT2D eigenvalue weighted by Gasteiger charge is -1.97. The largest absolute Gasteiger partial charge is 0.294 e. The molecule has 0 aliphatic carbocycles. The molecule has 0 heterocycles. The number of benzene rings is 1. The highest BCUT2D eigenvalue weighted by Crippen LogP contribution is 2.12. The van der Waals surface area contributed by atoms with Crippen molar-refractivity contribution >= 4 is 24.1 Å².